The van der Waals surface area contributed by atoms with Crippen LogP contribution in [0.1, 0.15) is 5.56 Å². The lowest BCUT2D eigenvalue weighted by atomic mass is 10.1. The van der Waals surface area contributed by atoms with Gasteiger partial charge in [-0.1, -0.05) is 23.2 Å². The first kappa shape index (κ1) is 12.8. The van der Waals surface area contributed by atoms with Crippen LogP contribution in [-0.2, 0) is 0 Å². The second-order valence-corrected chi connectivity index (χ2v) is 4.61. The summed E-state index contributed by atoms with van der Waals surface area (Å²) < 4.78 is 0. The van der Waals surface area contributed by atoms with Crippen LogP contribution in [0.3, 0.4) is 0 Å². The molecule has 0 bridgehead atoms. The molecule has 92 valence electrons. The Morgan fingerprint density at radius 1 is 1.28 bits per heavy atom. The van der Waals surface area contributed by atoms with E-state index in [2.05, 4.69) is 4.98 Å². The van der Waals surface area contributed by atoms with Crippen molar-refractivity contribution in [3.05, 3.63) is 56.2 Å². The Hall–Kier alpha value is -1.65. The first-order chi connectivity index (χ1) is 8.49. The highest BCUT2D eigenvalue weighted by atomic mass is 35.5. The van der Waals surface area contributed by atoms with E-state index in [9.17, 15) is 10.1 Å². The molecule has 18 heavy (non-hydrogen) atoms. The summed E-state index contributed by atoms with van der Waals surface area (Å²) in [6.45, 7) is 1.74. The van der Waals surface area contributed by atoms with E-state index in [1.165, 1.54) is 12.1 Å². The van der Waals surface area contributed by atoms with Gasteiger partial charge in [0, 0.05) is 22.8 Å². The summed E-state index contributed by atoms with van der Waals surface area (Å²) in [4.78, 5) is 14.6. The highest BCUT2D eigenvalue weighted by Gasteiger charge is 2.19. The standard InChI is InChI=1S/C12H8Cl2N2O2/c1-7-4-11(16(17)18)12(15-6-7)9-3-2-8(13)5-10(9)14/h2-6H,1H3. The molecule has 0 radical (unpaired) electrons. The van der Waals surface area contributed by atoms with Gasteiger partial charge in [-0.2, -0.15) is 0 Å². The fourth-order valence-electron chi connectivity index (χ4n) is 1.58. The number of nitro groups is 1. The van der Waals surface area contributed by atoms with Gasteiger partial charge in [-0.25, -0.2) is 4.98 Å². The van der Waals surface area contributed by atoms with Crippen molar-refractivity contribution in [3.8, 4) is 11.3 Å². The molecule has 0 atom stereocenters. The highest BCUT2D eigenvalue weighted by Crippen LogP contribution is 2.34. The van der Waals surface area contributed by atoms with E-state index in [1.807, 2.05) is 0 Å². The van der Waals surface area contributed by atoms with Crippen LogP contribution in [0.25, 0.3) is 11.3 Å². The average Bonchev–Trinajstić information content (AvgIpc) is 2.29. The van der Waals surface area contributed by atoms with Crippen LogP contribution in [0, 0.1) is 17.0 Å². The Bertz CT molecular complexity index is 629. The van der Waals surface area contributed by atoms with Gasteiger partial charge in [0.1, 0.15) is 5.69 Å². The van der Waals surface area contributed by atoms with Crippen LogP contribution in [0.4, 0.5) is 5.69 Å². The number of hydrogen-bond donors (Lipinski definition) is 0. The van der Waals surface area contributed by atoms with Gasteiger partial charge in [0.15, 0.2) is 0 Å². The third-order valence-corrected chi connectivity index (χ3v) is 2.94. The van der Waals surface area contributed by atoms with Crippen molar-refractivity contribution in [1.82, 2.24) is 4.98 Å². The molecule has 0 amide bonds. The summed E-state index contributed by atoms with van der Waals surface area (Å²) in [6.07, 6.45) is 1.56. The molecule has 2 rings (SSSR count). The highest BCUT2D eigenvalue weighted by molar-refractivity contribution is 6.36. The molecule has 0 aliphatic carbocycles. The largest absolute Gasteiger partial charge is 0.295 e. The van der Waals surface area contributed by atoms with Gasteiger partial charge in [-0.15, -0.1) is 0 Å². The SMILES string of the molecule is Cc1cnc(-c2ccc(Cl)cc2Cl)c([N+](=O)[O-])c1. The lowest BCUT2D eigenvalue weighted by Crippen LogP contribution is -1.96. The third-order valence-electron chi connectivity index (χ3n) is 2.39. The molecular weight excluding hydrogens is 275 g/mol. The zero-order valence-electron chi connectivity index (χ0n) is 9.35. The van der Waals surface area contributed by atoms with E-state index in [1.54, 1.807) is 25.3 Å². The second kappa shape index (κ2) is 4.92. The number of nitrogens with zero attached hydrogens (tertiary/aromatic N) is 2. The van der Waals surface area contributed by atoms with E-state index < -0.39 is 4.92 Å². The zero-order chi connectivity index (χ0) is 13.3. The summed E-state index contributed by atoms with van der Waals surface area (Å²) >= 11 is 11.8. The van der Waals surface area contributed by atoms with Crippen LogP contribution >= 0.6 is 23.2 Å². The number of rotatable bonds is 2. The molecule has 4 nitrogen and oxygen atoms in total. The number of halogens is 2. The topological polar surface area (TPSA) is 56.0 Å². The van der Waals surface area contributed by atoms with Crippen molar-refractivity contribution < 1.29 is 4.92 Å². The number of aryl methyl sites for hydroxylation is 1. The number of benzene rings is 1. The third kappa shape index (κ3) is 2.44. The second-order valence-electron chi connectivity index (χ2n) is 3.76. The normalized spacial score (nSPS) is 10.4. The predicted molar refractivity (Wildman–Crippen MR) is 71.1 cm³/mol. The van der Waals surface area contributed by atoms with Crippen molar-refractivity contribution in [2.45, 2.75) is 6.92 Å². The van der Waals surface area contributed by atoms with Crippen molar-refractivity contribution in [2.75, 3.05) is 0 Å². The Kier molecular flexibility index (Phi) is 3.50. The van der Waals surface area contributed by atoms with Gasteiger partial charge >= 0.3 is 0 Å². The van der Waals surface area contributed by atoms with Crippen LogP contribution in [-0.4, -0.2) is 9.91 Å². The lowest BCUT2D eigenvalue weighted by molar-refractivity contribution is -0.384. The molecule has 0 aliphatic rings. The van der Waals surface area contributed by atoms with Gasteiger partial charge in [-0.05, 0) is 30.7 Å². The molecule has 0 aliphatic heterocycles. The summed E-state index contributed by atoms with van der Waals surface area (Å²) in [6, 6.07) is 6.24. The van der Waals surface area contributed by atoms with Crippen molar-refractivity contribution in [2.24, 2.45) is 0 Å². The van der Waals surface area contributed by atoms with E-state index >= 15 is 0 Å². The average molecular weight is 283 g/mol. The number of pyridine rings is 1. The fourth-order valence-corrected chi connectivity index (χ4v) is 2.08. The molecule has 6 heteroatoms. The van der Waals surface area contributed by atoms with Gasteiger partial charge in [0.25, 0.3) is 5.69 Å². The van der Waals surface area contributed by atoms with Crippen molar-refractivity contribution >= 4 is 28.9 Å². The minimum Gasteiger partial charge on any atom is -0.258 e. The molecule has 0 saturated heterocycles. The van der Waals surface area contributed by atoms with E-state index in [4.69, 9.17) is 23.2 Å². The number of hydrogen-bond acceptors (Lipinski definition) is 3. The van der Waals surface area contributed by atoms with Crippen LogP contribution in [0.2, 0.25) is 10.0 Å². The van der Waals surface area contributed by atoms with Crippen molar-refractivity contribution in [1.29, 1.82) is 0 Å². The molecule has 2 aromatic rings. The number of aromatic nitrogens is 1. The molecule has 1 heterocycles. The zero-order valence-corrected chi connectivity index (χ0v) is 10.9. The quantitative estimate of drug-likeness (QED) is 0.610. The van der Waals surface area contributed by atoms with Crippen LogP contribution in [0.5, 0.6) is 0 Å². The molecule has 1 aromatic heterocycles. The molecule has 0 fully saturated rings. The molecule has 0 saturated carbocycles. The summed E-state index contributed by atoms with van der Waals surface area (Å²) in [5.41, 5.74) is 1.38. The van der Waals surface area contributed by atoms with E-state index in [-0.39, 0.29) is 11.4 Å². The molecular formula is C12H8Cl2N2O2. The van der Waals surface area contributed by atoms with Crippen LogP contribution < -0.4 is 0 Å². The predicted octanol–water partition coefficient (Wildman–Crippen LogP) is 4.27. The molecule has 0 N–H and O–H groups in total. The Balaban J connectivity index is 2.67. The minimum absolute atomic E-state index is 0.0702. The summed E-state index contributed by atoms with van der Waals surface area (Å²) in [5.74, 6) is 0. The Morgan fingerprint density at radius 2 is 2.00 bits per heavy atom. The summed E-state index contributed by atoms with van der Waals surface area (Å²) in [5, 5.41) is 11.8. The Labute approximate surface area is 113 Å². The molecule has 0 unspecified atom stereocenters. The van der Waals surface area contributed by atoms with Gasteiger partial charge in [-0.3, -0.25) is 10.1 Å². The maximum Gasteiger partial charge on any atom is 0.295 e. The first-order valence-electron chi connectivity index (χ1n) is 5.05. The lowest BCUT2D eigenvalue weighted by Gasteiger charge is -2.05. The fraction of sp³-hybridized carbons (Fsp3) is 0.0833. The van der Waals surface area contributed by atoms with Crippen molar-refractivity contribution in [3.63, 3.8) is 0 Å². The summed E-state index contributed by atoms with van der Waals surface area (Å²) in [7, 11) is 0. The smallest absolute Gasteiger partial charge is 0.258 e. The molecule has 1 aromatic carbocycles. The monoisotopic (exact) mass is 282 g/mol. The van der Waals surface area contributed by atoms with Gasteiger partial charge in [0.2, 0.25) is 0 Å². The maximum absolute atomic E-state index is 11.0. The van der Waals surface area contributed by atoms with Crippen LogP contribution in [0.15, 0.2) is 30.5 Å². The minimum atomic E-state index is -0.472. The Morgan fingerprint density at radius 3 is 2.61 bits per heavy atom. The first-order valence-corrected chi connectivity index (χ1v) is 5.81. The van der Waals surface area contributed by atoms with Gasteiger partial charge < -0.3 is 0 Å². The van der Waals surface area contributed by atoms with E-state index in [0.29, 0.717) is 15.6 Å². The molecule has 0 spiro atoms. The maximum atomic E-state index is 11.0. The van der Waals surface area contributed by atoms with E-state index in [0.717, 1.165) is 5.56 Å². The van der Waals surface area contributed by atoms with Gasteiger partial charge in [0.05, 0.1) is 9.95 Å².